The number of nitrogens with zero attached hydrogens (tertiary/aromatic N) is 1. The number of hydrogen-bond acceptors (Lipinski definition) is 3. The van der Waals surface area contributed by atoms with Crippen LogP contribution in [0.15, 0.2) is 60.0 Å². The zero-order valence-electron chi connectivity index (χ0n) is 16.3. The van der Waals surface area contributed by atoms with E-state index in [1.807, 2.05) is 52.0 Å². The van der Waals surface area contributed by atoms with Gasteiger partial charge in [-0.05, 0) is 44.0 Å². The standard InChI is InChI=1S/C17H16OS.C3H9N.C2H6/c1-13(17-10-5-11-19-17)12-18-16-9-4-7-14-6-2-3-8-15(14)16;1-4(2)3;1-2/h2-11,13H,12H2,1H3;1-3H3;1-2H3. The Morgan fingerprint density at radius 2 is 1.56 bits per heavy atom. The molecule has 1 unspecified atom stereocenters. The molecule has 25 heavy (non-hydrogen) atoms. The third-order valence-corrected chi connectivity index (χ3v) is 4.37. The van der Waals surface area contributed by atoms with Gasteiger partial charge in [-0.25, -0.2) is 0 Å². The number of hydrogen-bond donors (Lipinski definition) is 0. The Morgan fingerprint density at radius 3 is 2.20 bits per heavy atom. The van der Waals surface area contributed by atoms with Gasteiger partial charge in [-0.2, -0.15) is 0 Å². The summed E-state index contributed by atoms with van der Waals surface area (Å²) in [6.07, 6.45) is 0. The summed E-state index contributed by atoms with van der Waals surface area (Å²) in [7, 11) is 6.00. The van der Waals surface area contributed by atoms with E-state index in [0.717, 1.165) is 5.75 Å². The topological polar surface area (TPSA) is 12.5 Å². The van der Waals surface area contributed by atoms with Gasteiger partial charge < -0.3 is 9.64 Å². The van der Waals surface area contributed by atoms with E-state index in [1.165, 1.54) is 15.6 Å². The van der Waals surface area contributed by atoms with Crippen LogP contribution in [0, 0.1) is 0 Å². The summed E-state index contributed by atoms with van der Waals surface area (Å²) in [5, 5.41) is 4.52. The second kappa shape index (κ2) is 11.7. The van der Waals surface area contributed by atoms with Crippen molar-refractivity contribution >= 4 is 22.1 Å². The largest absolute Gasteiger partial charge is 0.492 e. The van der Waals surface area contributed by atoms with Crippen molar-refractivity contribution in [2.75, 3.05) is 27.7 Å². The van der Waals surface area contributed by atoms with Gasteiger partial charge in [0.25, 0.3) is 0 Å². The summed E-state index contributed by atoms with van der Waals surface area (Å²) < 4.78 is 6.01. The van der Waals surface area contributed by atoms with Crippen molar-refractivity contribution in [3.63, 3.8) is 0 Å². The molecule has 0 aliphatic carbocycles. The normalized spacial score (nSPS) is 11.2. The third-order valence-electron chi connectivity index (χ3n) is 3.27. The fraction of sp³-hybridized carbons (Fsp3) is 0.364. The second-order valence-electron chi connectivity index (χ2n) is 6.05. The lowest BCUT2D eigenvalue weighted by Crippen LogP contribution is -2.05. The molecule has 136 valence electrons. The minimum Gasteiger partial charge on any atom is -0.492 e. The van der Waals surface area contributed by atoms with Crippen LogP contribution in [0.4, 0.5) is 0 Å². The Kier molecular flexibility index (Phi) is 9.90. The van der Waals surface area contributed by atoms with Gasteiger partial charge in [0.15, 0.2) is 0 Å². The van der Waals surface area contributed by atoms with Crippen molar-refractivity contribution in [2.45, 2.75) is 26.7 Å². The highest BCUT2D eigenvalue weighted by Crippen LogP contribution is 2.27. The zero-order chi connectivity index (χ0) is 18.7. The van der Waals surface area contributed by atoms with Crippen LogP contribution in [0.5, 0.6) is 5.75 Å². The van der Waals surface area contributed by atoms with Crippen molar-refractivity contribution in [3.05, 3.63) is 64.9 Å². The Morgan fingerprint density at radius 1 is 0.920 bits per heavy atom. The number of fused-ring (bicyclic) bond motifs is 1. The highest BCUT2D eigenvalue weighted by atomic mass is 32.1. The number of benzene rings is 2. The lowest BCUT2D eigenvalue weighted by molar-refractivity contribution is 0.301. The lowest BCUT2D eigenvalue weighted by atomic mass is 10.1. The molecule has 0 amide bonds. The molecular formula is C22H31NOS. The maximum atomic E-state index is 6.01. The summed E-state index contributed by atoms with van der Waals surface area (Å²) in [5.74, 6) is 1.40. The van der Waals surface area contributed by atoms with Gasteiger partial charge in [-0.15, -0.1) is 11.3 Å². The Labute approximate surface area is 157 Å². The molecule has 3 heteroatoms. The predicted octanol–water partition coefficient (Wildman–Crippen LogP) is 6.29. The van der Waals surface area contributed by atoms with Gasteiger partial charge in [0.05, 0.1) is 6.61 Å². The summed E-state index contributed by atoms with van der Waals surface area (Å²) in [6, 6.07) is 18.8. The second-order valence-corrected chi connectivity index (χ2v) is 7.03. The Bertz CT molecular complexity index is 699. The van der Waals surface area contributed by atoms with Crippen LogP contribution in [0.3, 0.4) is 0 Å². The first-order valence-electron chi connectivity index (χ1n) is 8.83. The van der Waals surface area contributed by atoms with Crippen LogP contribution < -0.4 is 4.74 Å². The molecule has 0 aliphatic rings. The molecule has 0 N–H and O–H groups in total. The molecule has 3 aromatic rings. The van der Waals surface area contributed by atoms with E-state index in [4.69, 9.17) is 4.74 Å². The Hall–Kier alpha value is -1.84. The fourth-order valence-electron chi connectivity index (χ4n) is 2.19. The van der Waals surface area contributed by atoms with Crippen LogP contribution >= 0.6 is 11.3 Å². The van der Waals surface area contributed by atoms with Crippen molar-refractivity contribution in [1.82, 2.24) is 4.90 Å². The Balaban J connectivity index is 0.000000461. The summed E-state index contributed by atoms with van der Waals surface area (Å²) in [4.78, 5) is 3.38. The van der Waals surface area contributed by atoms with Crippen LogP contribution in [-0.4, -0.2) is 32.6 Å². The van der Waals surface area contributed by atoms with Crippen LogP contribution in [0.1, 0.15) is 31.6 Å². The van der Waals surface area contributed by atoms with E-state index in [-0.39, 0.29) is 0 Å². The molecule has 0 saturated heterocycles. The van der Waals surface area contributed by atoms with E-state index in [1.54, 1.807) is 11.3 Å². The van der Waals surface area contributed by atoms with Crippen LogP contribution in [-0.2, 0) is 0 Å². The minimum absolute atomic E-state index is 0.430. The molecule has 0 spiro atoms. The predicted molar refractivity (Wildman–Crippen MR) is 113 cm³/mol. The number of ether oxygens (including phenoxy) is 1. The quantitative estimate of drug-likeness (QED) is 0.544. The average Bonchev–Trinajstić information content (AvgIpc) is 3.16. The molecule has 1 heterocycles. The molecule has 1 aromatic heterocycles. The van der Waals surface area contributed by atoms with Gasteiger partial charge in [0.2, 0.25) is 0 Å². The van der Waals surface area contributed by atoms with E-state index < -0.39 is 0 Å². The average molecular weight is 358 g/mol. The van der Waals surface area contributed by atoms with Crippen molar-refractivity contribution < 1.29 is 4.74 Å². The molecule has 3 rings (SSSR count). The van der Waals surface area contributed by atoms with Gasteiger partial charge >= 0.3 is 0 Å². The van der Waals surface area contributed by atoms with Gasteiger partial charge in [0.1, 0.15) is 5.75 Å². The maximum absolute atomic E-state index is 6.01. The van der Waals surface area contributed by atoms with Crippen LogP contribution in [0.2, 0.25) is 0 Å². The van der Waals surface area contributed by atoms with E-state index in [0.29, 0.717) is 12.5 Å². The smallest absolute Gasteiger partial charge is 0.127 e. The highest BCUT2D eigenvalue weighted by molar-refractivity contribution is 7.10. The summed E-state index contributed by atoms with van der Waals surface area (Å²) >= 11 is 1.79. The molecule has 0 radical (unpaired) electrons. The maximum Gasteiger partial charge on any atom is 0.127 e. The minimum atomic E-state index is 0.430. The monoisotopic (exact) mass is 357 g/mol. The first-order chi connectivity index (χ1) is 12.1. The molecule has 0 fully saturated rings. The van der Waals surface area contributed by atoms with Crippen molar-refractivity contribution in [1.29, 1.82) is 0 Å². The van der Waals surface area contributed by atoms with Gasteiger partial charge in [-0.1, -0.05) is 63.2 Å². The molecule has 1 atom stereocenters. The molecular weight excluding hydrogens is 326 g/mol. The summed E-state index contributed by atoms with van der Waals surface area (Å²) in [6.45, 7) is 6.92. The van der Waals surface area contributed by atoms with E-state index in [9.17, 15) is 0 Å². The zero-order valence-corrected chi connectivity index (χ0v) is 17.1. The van der Waals surface area contributed by atoms with E-state index >= 15 is 0 Å². The fourth-order valence-corrected chi connectivity index (χ4v) is 2.96. The van der Waals surface area contributed by atoms with Crippen molar-refractivity contribution in [3.8, 4) is 5.75 Å². The van der Waals surface area contributed by atoms with Crippen LogP contribution in [0.25, 0.3) is 10.8 Å². The van der Waals surface area contributed by atoms with Gasteiger partial charge in [-0.3, -0.25) is 0 Å². The third kappa shape index (κ3) is 7.29. The first kappa shape index (κ1) is 21.2. The van der Waals surface area contributed by atoms with Gasteiger partial charge in [0, 0.05) is 16.2 Å². The SMILES string of the molecule is CC.CC(COc1cccc2ccccc12)c1cccs1.CN(C)C. The molecule has 2 aromatic carbocycles. The first-order valence-corrected chi connectivity index (χ1v) is 9.70. The summed E-state index contributed by atoms with van der Waals surface area (Å²) in [5.41, 5.74) is 0. The molecule has 0 saturated carbocycles. The van der Waals surface area contributed by atoms with E-state index in [2.05, 4.69) is 54.8 Å². The highest BCUT2D eigenvalue weighted by Gasteiger charge is 2.08. The number of thiophene rings is 1. The molecule has 0 aliphatic heterocycles. The van der Waals surface area contributed by atoms with Crippen molar-refractivity contribution in [2.24, 2.45) is 0 Å². The number of rotatable bonds is 4. The molecule has 2 nitrogen and oxygen atoms in total. The molecule has 0 bridgehead atoms. The lowest BCUT2D eigenvalue weighted by Gasteiger charge is -2.13.